The molecule has 2 aromatic rings. The molecule has 31 heavy (non-hydrogen) atoms. The maximum atomic E-state index is 12.6. The summed E-state index contributed by atoms with van der Waals surface area (Å²) >= 11 is 0. The molecule has 172 valence electrons. The van der Waals surface area contributed by atoms with Crippen LogP contribution in [0.3, 0.4) is 0 Å². The van der Waals surface area contributed by atoms with Crippen LogP contribution in [0.5, 0.6) is 5.75 Å². The van der Waals surface area contributed by atoms with Gasteiger partial charge in [-0.25, -0.2) is 8.42 Å². The number of hydrogen-bond acceptors (Lipinski definition) is 6. The number of piperazine rings is 1. The smallest absolute Gasteiger partial charge is 0.220 e. The van der Waals surface area contributed by atoms with Crippen LogP contribution in [0, 0.1) is 0 Å². The second-order valence-electron chi connectivity index (χ2n) is 7.34. The molecule has 1 aliphatic heterocycles. The molecule has 1 aliphatic rings. The van der Waals surface area contributed by atoms with Gasteiger partial charge in [0.25, 0.3) is 0 Å². The first-order valence-electron chi connectivity index (χ1n) is 9.95. The molecule has 3 rings (SSSR count). The predicted octanol–water partition coefficient (Wildman–Crippen LogP) is 2.30. The molecule has 1 N–H and O–H groups in total. The van der Waals surface area contributed by atoms with E-state index in [2.05, 4.69) is 20.4 Å². The monoisotopic (exact) mass is 563 g/mol. The fourth-order valence-corrected chi connectivity index (χ4v) is 4.66. The molecule has 11 heteroatoms. The van der Waals surface area contributed by atoms with Gasteiger partial charge in [0, 0.05) is 45.8 Å². The Morgan fingerprint density at radius 3 is 2.42 bits per heavy atom. The molecule has 0 unspecified atom stereocenters. The first kappa shape index (κ1) is 25.4. The number of halogens is 1. The molecule has 0 spiro atoms. The van der Waals surface area contributed by atoms with Crippen LogP contribution in [0.2, 0.25) is 0 Å². The van der Waals surface area contributed by atoms with E-state index in [1.165, 1.54) is 10.6 Å². The quantitative estimate of drug-likeness (QED) is 0.314. The van der Waals surface area contributed by atoms with E-state index >= 15 is 0 Å². The average Bonchev–Trinajstić information content (AvgIpc) is 3.22. The van der Waals surface area contributed by atoms with Crippen LogP contribution in [0.4, 0.5) is 0 Å². The molecule has 0 aliphatic carbocycles. The van der Waals surface area contributed by atoms with E-state index in [0.717, 1.165) is 17.3 Å². The summed E-state index contributed by atoms with van der Waals surface area (Å²) in [5.41, 5.74) is 1.53. The molecule has 0 amide bonds. The van der Waals surface area contributed by atoms with Crippen molar-refractivity contribution < 1.29 is 17.7 Å². The molecule has 0 atom stereocenters. The highest BCUT2D eigenvalue weighted by Crippen LogP contribution is 2.15. The van der Waals surface area contributed by atoms with Gasteiger partial charge in [-0.05, 0) is 31.5 Å². The number of rotatable bonds is 7. The third-order valence-electron chi connectivity index (χ3n) is 4.71. The normalized spacial score (nSPS) is 15.6. The number of hydrogen-bond donors (Lipinski definition) is 1. The Bertz CT molecular complexity index is 925. The number of guanidine groups is 1. The van der Waals surface area contributed by atoms with Gasteiger partial charge in [0.05, 0.1) is 11.8 Å². The second kappa shape index (κ2) is 11.7. The van der Waals surface area contributed by atoms with Crippen LogP contribution in [0.15, 0.2) is 46.1 Å². The van der Waals surface area contributed by atoms with Gasteiger partial charge in [-0.3, -0.25) is 4.99 Å². The number of nitrogens with zero attached hydrogens (tertiary/aromatic N) is 4. The maximum absolute atomic E-state index is 12.6. The van der Waals surface area contributed by atoms with E-state index in [9.17, 15) is 8.42 Å². The zero-order valence-electron chi connectivity index (χ0n) is 18.0. The topological polar surface area (TPSA) is 100 Å². The lowest BCUT2D eigenvalue weighted by molar-refractivity contribution is 0.242. The molecule has 1 aromatic heterocycles. The Hall–Kier alpha value is -1.86. The SMILES string of the molecule is CN=C(NCc1ccc(OC(C)C)cc1)N1CCN(S(=O)(=O)Cc2ccon2)CC1.I. The molecular weight excluding hydrogens is 533 g/mol. The second-order valence-corrected chi connectivity index (χ2v) is 9.31. The van der Waals surface area contributed by atoms with Gasteiger partial charge in [-0.2, -0.15) is 4.31 Å². The lowest BCUT2D eigenvalue weighted by Gasteiger charge is -2.35. The molecule has 2 heterocycles. The van der Waals surface area contributed by atoms with Gasteiger partial charge in [0.1, 0.15) is 17.8 Å². The minimum Gasteiger partial charge on any atom is -0.491 e. The van der Waals surface area contributed by atoms with Gasteiger partial charge < -0.3 is 19.5 Å². The predicted molar refractivity (Wildman–Crippen MR) is 130 cm³/mol. The summed E-state index contributed by atoms with van der Waals surface area (Å²) in [4.78, 5) is 6.42. The summed E-state index contributed by atoms with van der Waals surface area (Å²) < 4.78 is 37.0. The highest BCUT2D eigenvalue weighted by Gasteiger charge is 2.28. The summed E-state index contributed by atoms with van der Waals surface area (Å²) in [6.45, 7) is 6.57. The van der Waals surface area contributed by atoms with Gasteiger partial charge in [-0.1, -0.05) is 17.3 Å². The van der Waals surface area contributed by atoms with E-state index in [-0.39, 0.29) is 35.8 Å². The minimum absolute atomic E-state index is 0. The third-order valence-corrected chi connectivity index (χ3v) is 6.52. The Morgan fingerprint density at radius 1 is 1.19 bits per heavy atom. The van der Waals surface area contributed by atoms with Crippen LogP contribution in [-0.2, 0) is 22.3 Å². The number of nitrogens with one attached hydrogen (secondary N) is 1. The van der Waals surface area contributed by atoms with E-state index in [1.807, 2.05) is 38.1 Å². The van der Waals surface area contributed by atoms with Crippen molar-refractivity contribution in [2.45, 2.75) is 32.2 Å². The van der Waals surface area contributed by atoms with E-state index in [4.69, 9.17) is 9.26 Å². The van der Waals surface area contributed by atoms with Crippen molar-refractivity contribution in [3.8, 4) is 5.75 Å². The standard InChI is InChI=1S/C20H29N5O4S.HI/c1-16(2)29-19-6-4-17(5-7-19)14-22-20(21-3)24-9-11-25(12-10-24)30(26,27)15-18-8-13-28-23-18;/h4-8,13,16H,9-12,14-15H2,1-3H3,(H,21,22);1H. The zero-order chi connectivity index (χ0) is 21.6. The molecule has 0 saturated carbocycles. The number of benzene rings is 1. The number of ether oxygens (including phenoxy) is 1. The molecule has 0 radical (unpaired) electrons. The summed E-state index contributed by atoms with van der Waals surface area (Å²) in [7, 11) is -1.69. The largest absolute Gasteiger partial charge is 0.491 e. The molecule has 1 fully saturated rings. The Labute approximate surface area is 200 Å². The van der Waals surface area contributed by atoms with Gasteiger partial charge in [0.15, 0.2) is 5.96 Å². The highest BCUT2D eigenvalue weighted by atomic mass is 127. The highest BCUT2D eigenvalue weighted by molar-refractivity contribution is 14.0. The number of sulfonamides is 1. The van der Waals surface area contributed by atoms with Crippen molar-refractivity contribution in [1.29, 1.82) is 0 Å². The first-order chi connectivity index (χ1) is 14.4. The lowest BCUT2D eigenvalue weighted by atomic mass is 10.2. The minimum atomic E-state index is -3.42. The fourth-order valence-electron chi connectivity index (χ4n) is 3.24. The summed E-state index contributed by atoms with van der Waals surface area (Å²) in [6.07, 6.45) is 1.52. The number of aromatic nitrogens is 1. The Morgan fingerprint density at radius 2 is 1.87 bits per heavy atom. The fraction of sp³-hybridized carbons (Fsp3) is 0.500. The van der Waals surface area contributed by atoms with Crippen LogP contribution in [0.1, 0.15) is 25.1 Å². The summed E-state index contributed by atoms with van der Waals surface area (Å²) in [5, 5.41) is 7.05. The van der Waals surface area contributed by atoms with Crippen molar-refractivity contribution in [1.82, 2.24) is 19.7 Å². The van der Waals surface area contributed by atoms with Crippen molar-refractivity contribution >= 4 is 40.0 Å². The van der Waals surface area contributed by atoms with Crippen molar-refractivity contribution in [3.63, 3.8) is 0 Å². The van der Waals surface area contributed by atoms with Crippen LogP contribution in [-0.4, -0.2) is 68.1 Å². The molecular formula is C20H30IN5O4S. The lowest BCUT2D eigenvalue weighted by Crippen LogP contribution is -2.53. The molecule has 1 aromatic carbocycles. The van der Waals surface area contributed by atoms with Crippen molar-refractivity contribution in [3.05, 3.63) is 47.9 Å². The summed E-state index contributed by atoms with van der Waals surface area (Å²) in [6, 6.07) is 9.52. The van der Waals surface area contributed by atoms with E-state index in [1.54, 1.807) is 13.1 Å². The van der Waals surface area contributed by atoms with E-state index in [0.29, 0.717) is 38.4 Å². The van der Waals surface area contributed by atoms with E-state index < -0.39 is 10.0 Å². The molecule has 0 bridgehead atoms. The van der Waals surface area contributed by atoms with Gasteiger partial charge in [-0.15, -0.1) is 24.0 Å². The Kier molecular flexibility index (Phi) is 9.56. The molecule has 9 nitrogen and oxygen atoms in total. The molecule has 1 saturated heterocycles. The van der Waals surface area contributed by atoms with Crippen LogP contribution >= 0.6 is 24.0 Å². The van der Waals surface area contributed by atoms with Crippen molar-refractivity contribution in [2.75, 3.05) is 33.2 Å². The van der Waals surface area contributed by atoms with Crippen LogP contribution < -0.4 is 10.1 Å². The maximum Gasteiger partial charge on any atom is 0.220 e. The van der Waals surface area contributed by atoms with Crippen LogP contribution in [0.25, 0.3) is 0 Å². The Balaban J connectivity index is 0.00000341. The van der Waals surface area contributed by atoms with Crippen molar-refractivity contribution in [2.24, 2.45) is 4.99 Å². The third kappa shape index (κ3) is 7.35. The first-order valence-corrected chi connectivity index (χ1v) is 11.6. The van der Waals surface area contributed by atoms with Gasteiger partial charge >= 0.3 is 0 Å². The average molecular weight is 563 g/mol. The summed E-state index contributed by atoms with van der Waals surface area (Å²) in [5.74, 6) is 1.46. The number of aliphatic imine (C=N–C) groups is 1. The zero-order valence-corrected chi connectivity index (χ0v) is 21.2. The van der Waals surface area contributed by atoms with Gasteiger partial charge in [0.2, 0.25) is 10.0 Å².